The predicted molar refractivity (Wildman–Crippen MR) is 134 cm³/mol. The molecule has 0 aliphatic carbocycles. The minimum atomic E-state index is -4.30. The Morgan fingerprint density at radius 3 is 2.41 bits per heavy atom. The number of halogens is 1. The average molecular weight is 527 g/mol. The zero-order chi connectivity index (χ0) is 26.3. The Morgan fingerprint density at radius 1 is 1.08 bits per heavy atom. The molecule has 5 rings (SSSR count). The van der Waals surface area contributed by atoms with Crippen LogP contribution in [0.5, 0.6) is 17.2 Å². The second-order valence-electron chi connectivity index (χ2n) is 8.42. The number of nitrogens with zero attached hydrogens (tertiary/aromatic N) is 4. The average Bonchev–Trinajstić information content (AvgIpc) is 3.26. The summed E-state index contributed by atoms with van der Waals surface area (Å²) in [6.45, 7) is 0.546. The molecule has 0 N–H and O–H groups in total. The number of allylic oxidation sites excluding steroid dienone is 1. The molecule has 192 valence electrons. The molecule has 2 aromatic carbocycles. The number of ether oxygens (including phenoxy) is 2. The quantitative estimate of drug-likeness (QED) is 0.351. The molecule has 10 nitrogen and oxygen atoms in total. The summed E-state index contributed by atoms with van der Waals surface area (Å²) in [5.41, 5.74) is 1.80. The Kier molecular flexibility index (Phi) is 6.20. The molecule has 0 atom stereocenters. The minimum absolute atomic E-state index is 0.111. The molecule has 0 bridgehead atoms. The molecule has 37 heavy (non-hydrogen) atoms. The van der Waals surface area contributed by atoms with Crippen LogP contribution in [0.1, 0.15) is 24.2 Å². The van der Waals surface area contributed by atoms with Crippen molar-refractivity contribution in [3.63, 3.8) is 0 Å². The van der Waals surface area contributed by atoms with Gasteiger partial charge in [-0.2, -0.15) is 13.5 Å². The number of hydrogen-bond donors (Lipinski definition) is 0. The predicted octanol–water partition coefficient (Wildman–Crippen LogP) is 3.39. The highest BCUT2D eigenvalue weighted by Crippen LogP contribution is 2.41. The second-order valence-corrected chi connectivity index (χ2v) is 9.96. The van der Waals surface area contributed by atoms with Crippen molar-refractivity contribution in [1.82, 2.24) is 19.3 Å². The number of rotatable bonds is 6. The molecular formula is C25H23FN4O6S. The summed E-state index contributed by atoms with van der Waals surface area (Å²) in [6, 6.07) is 7.48. The van der Waals surface area contributed by atoms with Crippen molar-refractivity contribution in [3.8, 4) is 17.2 Å². The first-order valence-corrected chi connectivity index (χ1v) is 12.7. The normalized spacial score (nSPS) is 14.5. The van der Waals surface area contributed by atoms with Gasteiger partial charge in [-0.25, -0.2) is 9.37 Å². The number of aryl methyl sites for hydroxylation is 1. The van der Waals surface area contributed by atoms with E-state index in [0.717, 1.165) is 36.3 Å². The molecule has 0 spiro atoms. The Labute approximate surface area is 211 Å². The van der Waals surface area contributed by atoms with Crippen molar-refractivity contribution >= 4 is 32.8 Å². The van der Waals surface area contributed by atoms with E-state index in [4.69, 9.17) is 18.6 Å². The number of hydrogen-bond acceptors (Lipinski definition) is 8. The molecule has 0 saturated heterocycles. The number of fused-ring (bicyclic) bond motifs is 2. The van der Waals surface area contributed by atoms with Crippen LogP contribution in [-0.4, -0.2) is 42.0 Å². The smallest absolute Gasteiger partial charge is 0.339 e. The van der Waals surface area contributed by atoms with E-state index in [1.54, 1.807) is 28.4 Å². The zero-order valence-electron chi connectivity index (χ0n) is 20.3. The van der Waals surface area contributed by atoms with E-state index in [2.05, 4.69) is 5.10 Å². The lowest BCUT2D eigenvalue weighted by molar-refractivity contribution is 0.360. The molecule has 0 amide bonds. The first kappa shape index (κ1) is 24.5. The van der Waals surface area contributed by atoms with Crippen molar-refractivity contribution < 1.29 is 26.5 Å². The molecule has 4 aromatic rings. The van der Waals surface area contributed by atoms with Crippen LogP contribution >= 0.6 is 0 Å². The van der Waals surface area contributed by atoms with Gasteiger partial charge < -0.3 is 13.7 Å². The van der Waals surface area contributed by atoms with Gasteiger partial charge in [-0.15, -0.1) is 0 Å². The van der Waals surface area contributed by atoms with Gasteiger partial charge in [-0.05, 0) is 66.5 Å². The third kappa shape index (κ3) is 4.44. The van der Waals surface area contributed by atoms with E-state index in [1.165, 1.54) is 20.4 Å². The molecular weight excluding hydrogens is 503 g/mol. The monoisotopic (exact) mass is 526 g/mol. The van der Waals surface area contributed by atoms with Crippen molar-refractivity contribution in [2.75, 3.05) is 14.2 Å². The van der Waals surface area contributed by atoms with Crippen LogP contribution < -0.4 is 19.2 Å². The second kappa shape index (κ2) is 9.36. The maximum Gasteiger partial charge on any atom is 0.339 e. The number of methoxy groups -OCH3 is 2. The third-order valence-electron chi connectivity index (χ3n) is 6.08. The highest BCUT2D eigenvalue weighted by molar-refractivity contribution is 7.87. The molecule has 0 unspecified atom stereocenters. The molecule has 2 aromatic heterocycles. The lowest BCUT2D eigenvalue weighted by atomic mass is 10.0. The fraction of sp³-hybridized carbons (Fsp3) is 0.240. The zero-order valence-corrected chi connectivity index (χ0v) is 21.1. The maximum atomic E-state index is 13.3. The molecule has 0 fully saturated rings. The van der Waals surface area contributed by atoms with E-state index in [0.29, 0.717) is 35.4 Å². The molecule has 0 saturated carbocycles. The van der Waals surface area contributed by atoms with Crippen LogP contribution in [0.2, 0.25) is 0 Å². The van der Waals surface area contributed by atoms with Gasteiger partial charge in [0.15, 0.2) is 17.1 Å². The van der Waals surface area contributed by atoms with Crippen molar-refractivity contribution in [3.05, 3.63) is 70.2 Å². The molecule has 3 heterocycles. The summed E-state index contributed by atoms with van der Waals surface area (Å²) in [5, 5.41) is 4.61. The minimum Gasteiger partial charge on any atom is -0.493 e. The lowest BCUT2D eigenvalue weighted by Gasteiger charge is -2.20. The van der Waals surface area contributed by atoms with Crippen LogP contribution in [0.25, 0.3) is 22.7 Å². The highest BCUT2D eigenvalue weighted by Gasteiger charge is 2.25. The van der Waals surface area contributed by atoms with Crippen LogP contribution in [0.4, 0.5) is 4.39 Å². The van der Waals surface area contributed by atoms with E-state index in [-0.39, 0.29) is 27.7 Å². The number of benzene rings is 2. The Hall–Kier alpha value is -4.19. The van der Waals surface area contributed by atoms with Crippen LogP contribution in [-0.2, 0) is 23.7 Å². The van der Waals surface area contributed by atoms with Crippen LogP contribution in [0.3, 0.4) is 0 Å². The molecule has 1 aliphatic rings. The fourth-order valence-electron chi connectivity index (χ4n) is 4.27. The third-order valence-corrected chi connectivity index (χ3v) is 7.32. The fourth-order valence-corrected chi connectivity index (χ4v) is 5.22. The summed E-state index contributed by atoms with van der Waals surface area (Å²) in [4.78, 5) is 17.5. The number of aromatic nitrogens is 4. The molecule has 12 heteroatoms. The Morgan fingerprint density at radius 2 is 1.76 bits per heavy atom. The highest BCUT2D eigenvalue weighted by atomic mass is 32.2. The first-order chi connectivity index (χ1) is 17.7. The van der Waals surface area contributed by atoms with E-state index < -0.39 is 15.9 Å². The van der Waals surface area contributed by atoms with E-state index in [9.17, 15) is 17.6 Å². The largest absolute Gasteiger partial charge is 0.493 e. The van der Waals surface area contributed by atoms with E-state index >= 15 is 0 Å². The van der Waals surface area contributed by atoms with Gasteiger partial charge in [-0.3, -0.25) is 14.0 Å². The van der Waals surface area contributed by atoms with Crippen molar-refractivity contribution in [2.45, 2.75) is 24.3 Å². The van der Waals surface area contributed by atoms with Gasteiger partial charge in [-0.1, -0.05) is 0 Å². The van der Waals surface area contributed by atoms with Crippen molar-refractivity contribution in [1.29, 1.82) is 0 Å². The van der Waals surface area contributed by atoms with Gasteiger partial charge in [0.1, 0.15) is 21.9 Å². The van der Waals surface area contributed by atoms with Crippen LogP contribution in [0.15, 0.2) is 52.3 Å². The summed E-state index contributed by atoms with van der Waals surface area (Å²) >= 11 is 0. The van der Waals surface area contributed by atoms with Gasteiger partial charge in [0, 0.05) is 13.6 Å². The van der Waals surface area contributed by atoms with Gasteiger partial charge in [0.25, 0.3) is 5.56 Å². The van der Waals surface area contributed by atoms with Crippen LogP contribution in [0, 0.1) is 5.82 Å². The Balaban J connectivity index is 1.58. The first-order valence-electron chi connectivity index (χ1n) is 11.3. The summed E-state index contributed by atoms with van der Waals surface area (Å²) in [6.07, 6.45) is 4.79. The Bertz CT molecular complexity index is 1680. The summed E-state index contributed by atoms with van der Waals surface area (Å²) in [7, 11) is 0.179. The topological polar surface area (TPSA) is 115 Å². The maximum absolute atomic E-state index is 13.3. The van der Waals surface area contributed by atoms with Crippen molar-refractivity contribution in [2.24, 2.45) is 7.05 Å². The van der Waals surface area contributed by atoms with Gasteiger partial charge in [0.05, 0.1) is 20.4 Å². The SMILES string of the molecule is COc1cc(/C=C2\CCCn3c2nc2c(cnn2C)c3=O)cc(OC)c1OS(=O)(=O)c1ccc(F)cc1. The summed E-state index contributed by atoms with van der Waals surface area (Å²) in [5.74, 6) is 0.0490. The molecule has 1 aliphatic heterocycles. The molecule has 0 radical (unpaired) electrons. The van der Waals surface area contributed by atoms with Gasteiger partial charge in [0.2, 0.25) is 5.75 Å². The summed E-state index contributed by atoms with van der Waals surface area (Å²) < 4.78 is 58.3. The standard InChI is InChI=1S/C25H23FN4O6S/c1-29-24-19(14-27-29)25(31)30-10-4-5-16(23(30)28-24)11-15-12-20(34-2)22(21(13-15)35-3)36-37(32,33)18-8-6-17(26)7-9-18/h6-9,11-14H,4-5,10H2,1-3H3/b16-11+. The van der Waals surface area contributed by atoms with Gasteiger partial charge >= 0.3 is 10.1 Å². The van der Waals surface area contributed by atoms with E-state index in [1.807, 2.05) is 6.08 Å². The lowest BCUT2D eigenvalue weighted by Crippen LogP contribution is -2.27.